The van der Waals surface area contributed by atoms with Crippen molar-refractivity contribution in [3.8, 4) is 0 Å². The molecule has 0 aromatic rings. The predicted octanol–water partition coefficient (Wildman–Crippen LogP) is 3.11. The molecule has 0 radical (unpaired) electrons. The lowest BCUT2D eigenvalue weighted by Crippen LogP contribution is -2.89. The molecule has 1 spiro atoms. The van der Waals surface area contributed by atoms with Gasteiger partial charge in [-0.25, -0.2) is 9.59 Å². The molecule has 35 heavy (non-hydrogen) atoms. The Balaban J connectivity index is 2.01. The van der Waals surface area contributed by atoms with Crippen molar-refractivity contribution in [1.29, 1.82) is 0 Å². The van der Waals surface area contributed by atoms with Gasteiger partial charge >= 0.3 is 12.1 Å². The number of hydrogen-bond acceptors (Lipinski definition) is 9. The van der Waals surface area contributed by atoms with Crippen molar-refractivity contribution in [1.82, 2.24) is 0 Å². The number of esters is 1. The van der Waals surface area contributed by atoms with E-state index >= 15 is 0 Å². The van der Waals surface area contributed by atoms with Crippen LogP contribution >= 0.6 is 0 Å². The molecule has 4 rings (SSSR count). The molecule has 4 fully saturated rings. The number of aliphatic hydroxyl groups excluding tert-OH is 1. The number of ether oxygens (including phenoxy) is 5. The lowest BCUT2D eigenvalue weighted by molar-refractivity contribution is -0.386. The number of aliphatic hydroxyl groups is 1. The number of ketones is 1. The number of carbonyl (C=O) groups excluding carboxylic acids is 3. The molecule has 2 heterocycles. The highest BCUT2D eigenvalue weighted by Gasteiger charge is 2.85. The molecule has 0 aromatic carbocycles. The lowest BCUT2D eigenvalue weighted by atomic mass is 9.39. The van der Waals surface area contributed by atoms with Crippen molar-refractivity contribution in [2.45, 2.75) is 108 Å². The van der Waals surface area contributed by atoms with Gasteiger partial charge in [-0.2, -0.15) is 0 Å². The zero-order valence-corrected chi connectivity index (χ0v) is 21.9. The first-order valence-corrected chi connectivity index (χ1v) is 12.2. The van der Waals surface area contributed by atoms with E-state index in [2.05, 4.69) is 6.58 Å². The van der Waals surface area contributed by atoms with E-state index in [4.69, 9.17) is 23.7 Å². The molecule has 4 aliphatic rings. The van der Waals surface area contributed by atoms with Gasteiger partial charge in [-0.15, -0.1) is 6.58 Å². The summed E-state index contributed by atoms with van der Waals surface area (Å²) in [5, 5.41) is 12.0. The smallest absolute Gasteiger partial charge is 0.454 e. The molecule has 2 aliphatic carbocycles. The molecular weight excluding hydrogens is 456 g/mol. The fourth-order valence-corrected chi connectivity index (χ4v) is 7.49. The van der Waals surface area contributed by atoms with Crippen LogP contribution in [0.5, 0.6) is 0 Å². The molecule has 9 heteroatoms. The van der Waals surface area contributed by atoms with E-state index in [1.165, 1.54) is 13.2 Å². The Bertz CT molecular complexity index is 972. The number of hydrogen-bond donors (Lipinski definition) is 1. The molecule has 2 saturated heterocycles. The minimum absolute atomic E-state index is 0.102. The molecule has 196 valence electrons. The Morgan fingerprint density at radius 2 is 1.83 bits per heavy atom. The SMILES string of the molecule is C=C[C@@]1(C)CC(=O)[C@@]23OC(=O)O[C@@H]4CCC(C)(C)[C@H]([C@H](O)[C@H](OC(=O)C(C)(C)OC)[C@@]2(C)O1)[C@]43C. The van der Waals surface area contributed by atoms with Crippen LogP contribution in [0.15, 0.2) is 12.7 Å². The van der Waals surface area contributed by atoms with Gasteiger partial charge in [0, 0.05) is 19.4 Å². The number of methoxy groups -OCH3 is 1. The van der Waals surface area contributed by atoms with Crippen molar-refractivity contribution in [2.24, 2.45) is 16.7 Å². The van der Waals surface area contributed by atoms with E-state index in [-0.39, 0.29) is 12.2 Å². The molecule has 9 nitrogen and oxygen atoms in total. The highest BCUT2D eigenvalue weighted by molar-refractivity contribution is 5.95. The van der Waals surface area contributed by atoms with Gasteiger partial charge in [0.2, 0.25) is 5.60 Å². The summed E-state index contributed by atoms with van der Waals surface area (Å²) in [6, 6.07) is 0. The third-order valence-corrected chi connectivity index (χ3v) is 9.35. The molecular formula is C26H38O9. The maximum Gasteiger partial charge on any atom is 0.509 e. The zero-order chi connectivity index (χ0) is 26.4. The summed E-state index contributed by atoms with van der Waals surface area (Å²) in [5.74, 6) is -1.74. The molecule has 0 aromatic heterocycles. The Labute approximate surface area is 206 Å². The van der Waals surface area contributed by atoms with Crippen LogP contribution in [0.2, 0.25) is 0 Å². The second-order valence-electron chi connectivity index (χ2n) is 12.3. The van der Waals surface area contributed by atoms with Crippen LogP contribution in [-0.4, -0.2) is 70.8 Å². The summed E-state index contributed by atoms with van der Waals surface area (Å²) in [5.41, 5.74) is -7.76. The average molecular weight is 495 g/mol. The topological polar surface area (TPSA) is 118 Å². The summed E-state index contributed by atoms with van der Waals surface area (Å²) in [6.45, 7) is 16.0. The minimum atomic E-state index is -1.87. The van der Waals surface area contributed by atoms with E-state index in [0.717, 1.165) is 0 Å². The van der Waals surface area contributed by atoms with Crippen molar-refractivity contribution in [2.75, 3.05) is 7.11 Å². The monoisotopic (exact) mass is 494 g/mol. The summed E-state index contributed by atoms with van der Waals surface area (Å²) < 4.78 is 29.4. The van der Waals surface area contributed by atoms with Crippen LogP contribution in [0.3, 0.4) is 0 Å². The van der Waals surface area contributed by atoms with Gasteiger partial charge in [-0.3, -0.25) is 4.79 Å². The molecule has 2 saturated carbocycles. The molecule has 1 N–H and O–H groups in total. The summed E-state index contributed by atoms with van der Waals surface area (Å²) in [6.07, 6.45) is -1.76. The minimum Gasteiger partial charge on any atom is -0.454 e. The maximum atomic E-state index is 14.2. The second-order valence-corrected chi connectivity index (χ2v) is 12.3. The third kappa shape index (κ3) is 3.13. The van der Waals surface area contributed by atoms with Crippen LogP contribution in [0.25, 0.3) is 0 Å². The van der Waals surface area contributed by atoms with Gasteiger partial charge in [-0.05, 0) is 46.0 Å². The van der Waals surface area contributed by atoms with Gasteiger partial charge in [0.15, 0.2) is 23.1 Å². The highest BCUT2D eigenvalue weighted by atomic mass is 16.8. The largest absolute Gasteiger partial charge is 0.509 e. The van der Waals surface area contributed by atoms with Gasteiger partial charge in [-0.1, -0.05) is 26.8 Å². The van der Waals surface area contributed by atoms with Crippen LogP contribution < -0.4 is 0 Å². The molecule has 2 aliphatic heterocycles. The Kier molecular flexibility index (Phi) is 5.61. The van der Waals surface area contributed by atoms with Gasteiger partial charge in [0.25, 0.3) is 0 Å². The summed E-state index contributed by atoms with van der Waals surface area (Å²) in [4.78, 5) is 40.3. The van der Waals surface area contributed by atoms with E-state index in [9.17, 15) is 19.5 Å². The third-order valence-electron chi connectivity index (χ3n) is 9.35. The standard InChI is InChI=1S/C26H38O9/c1-10-23(6)13-14(27)26-24(7)15(32-20(30)34-26)11-12-21(2,3)17(24)16(28)18(25(26,8)35-23)33-19(29)22(4,5)31-9/h10,15-18,28H,1,11-13H2,2-9H3/t15-,16+,17+,18+,23+,24+,25-,26+/m1/s1. The predicted molar refractivity (Wildman–Crippen MR) is 123 cm³/mol. The van der Waals surface area contributed by atoms with E-state index < -0.39 is 69.6 Å². The van der Waals surface area contributed by atoms with Crippen LogP contribution in [0.4, 0.5) is 4.79 Å². The highest BCUT2D eigenvalue weighted by Crippen LogP contribution is 2.70. The van der Waals surface area contributed by atoms with Crippen molar-refractivity contribution < 1.29 is 43.2 Å². The molecule has 0 unspecified atom stereocenters. The number of carbonyl (C=O) groups is 3. The van der Waals surface area contributed by atoms with E-state index in [1.807, 2.05) is 20.8 Å². The zero-order valence-electron chi connectivity index (χ0n) is 21.9. The first-order chi connectivity index (χ1) is 16.0. The first kappa shape index (κ1) is 26.1. The van der Waals surface area contributed by atoms with Crippen LogP contribution in [-0.2, 0) is 33.3 Å². The van der Waals surface area contributed by atoms with E-state index in [1.54, 1.807) is 27.7 Å². The fourth-order valence-electron chi connectivity index (χ4n) is 7.49. The Morgan fingerprint density at radius 1 is 1.20 bits per heavy atom. The quantitative estimate of drug-likeness (QED) is 0.465. The van der Waals surface area contributed by atoms with Crippen molar-refractivity contribution >= 4 is 17.9 Å². The van der Waals surface area contributed by atoms with Crippen LogP contribution in [0, 0.1) is 16.7 Å². The second kappa shape index (κ2) is 7.52. The lowest BCUT2D eigenvalue weighted by Gasteiger charge is -2.72. The fraction of sp³-hybridized carbons (Fsp3) is 0.808. The first-order valence-electron chi connectivity index (χ1n) is 12.2. The van der Waals surface area contributed by atoms with Gasteiger partial charge in [0.1, 0.15) is 6.10 Å². The molecule has 0 amide bonds. The Hall–Kier alpha value is -1.97. The number of rotatable bonds is 4. The molecule has 8 atom stereocenters. The van der Waals surface area contributed by atoms with Crippen molar-refractivity contribution in [3.63, 3.8) is 0 Å². The van der Waals surface area contributed by atoms with E-state index in [0.29, 0.717) is 12.8 Å². The van der Waals surface area contributed by atoms with Crippen molar-refractivity contribution in [3.05, 3.63) is 12.7 Å². The Morgan fingerprint density at radius 3 is 2.40 bits per heavy atom. The van der Waals surface area contributed by atoms with Crippen LogP contribution in [0.1, 0.15) is 67.7 Å². The maximum absolute atomic E-state index is 14.2. The number of Topliss-reactive ketones (excluding diaryl/α,β-unsaturated/α-hetero) is 1. The summed E-state index contributed by atoms with van der Waals surface area (Å²) >= 11 is 0. The summed E-state index contributed by atoms with van der Waals surface area (Å²) in [7, 11) is 1.38. The van der Waals surface area contributed by atoms with Gasteiger partial charge in [0.05, 0.1) is 17.1 Å². The average Bonchev–Trinajstić information content (AvgIpc) is 2.74. The molecule has 0 bridgehead atoms. The normalized spacial score (nSPS) is 46.4. The van der Waals surface area contributed by atoms with Gasteiger partial charge < -0.3 is 28.8 Å².